The number of halogens is 2. The van der Waals surface area contributed by atoms with Gasteiger partial charge in [0.1, 0.15) is 23.0 Å². The second kappa shape index (κ2) is 10.0. The van der Waals surface area contributed by atoms with E-state index < -0.39 is 0 Å². The summed E-state index contributed by atoms with van der Waals surface area (Å²) < 4.78 is 0. The molecular formula is C15H18Cl2O4. The molecule has 0 aliphatic heterocycles. The van der Waals surface area contributed by atoms with Crippen molar-refractivity contribution >= 4 is 23.2 Å². The van der Waals surface area contributed by atoms with Crippen molar-refractivity contribution in [1.82, 2.24) is 0 Å². The van der Waals surface area contributed by atoms with Crippen molar-refractivity contribution in [3.8, 4) is 23.0 Å². The number of aromatic hydroxyl groups is 4. The van der Waals surface area contributed by atoms with Crippen molar-refractivity contribution < 1.29 is 20.4 Å². The van der Waals surface area contributed by atoms with E-state index in [0.29, 0.717) is 0 Å². The molecule has 0 aliphatic carbocycles. The average molecular weight is 333 g/mol. The van der Waals surface area contributed by atoms with Gasteiger partial charge in [0.05, 0.1) is 10.0 Å². The van der Waals surface area contributed by atoms with Gasteiger partial charge in [0.2, 0.25) is 0 Å². The standard InChI is InChI=1S/2C6H5ClO2.C3H8/c2*7-5-3-4(8)1-2-6(5)9;1-3-2/h2*1-3,8-9H;3H2,1-2H3. The summed E-state index contributed by atoms with van der Waals surface area (Å²) >= 11 is 10.8. The van der Waals surface area contributed by atoms with Crippen LogP contribution in [-0.2, 0) is 0 Å². The zero-order valence-electron chi connectivity index (χ0n) is 11.7. The highest BCUT2D eigenvalue weighted by atomic mass is 35.5. The average Bonchev–Trinajstić information content (AvgIpc) is 2.41. The van der Waals surface area contributed by atoms with E-state index in [-0.39, 0.29) is 33.0 Å². The lowest BCUT2D eigenvalue weighted by Crippen LogP contribution is -1.66. The molecule has 0 bridgehead atoms. The van der Waals surface area contributed by atoms with Crippen LogP contribution in [-0.4, -0.2) is 20.4 Å². The van der Waals surface area contributed by atoms with Crippen LogP contribution in [0.4, 0.5) is 0 Å². The molecule has 0 spiro atoms. The van der Waals surface area contributed by atoms with Crippen molar-refractivity contribution in [1.29, 1.82) is 0 Å². The van der Waals surface area contributed by atoms with Gasteiger partial charge in [-0.25, -0.2) is 0 Å². The normalized spacial score (nSPS) is 8.95. The first kappa shape index (κ1) is 19.2. The summed E-state index contributed by atoms with van der Waals surface area (Å²) in [6.07, 6.45) is 1.25. The highest BCUT2D eigenvalue weighted by Crippen LogP contribution is 2.26. The van der Waals surface area contributed by atoms with Crippen molar-refractivity contribution in [2.75, 3.05) is 0 Å². The molecule has 4 nitrogen and oxygen atoms in total. The fourth-order valence-electron chi connectivity index (χ4n) is 0.992. The van der Waals surface area contributed by atoms with Gasteiger partial charge in [-0.05, 0) is 24.3 Å². The zero-order chi connectivity index (χ0) is 16.4. The van der Waals surface area contributed by atoms with Crippen LogP contribution in [0.1, 0.15) is 20.3 Å². The number of benzene rings is 2. The molecule has 0 fully saturated rings. The molecule has 4 N–H and O–H groups in total. The van der Waals surface area contributed by atoms with Crippen LogP contribution in [0.15, 0.2) is 36.4 Å². The third-order valence-electron chi connectivity index (χ3n) is 1.86. The summed E-state index contributed by atoms with van der Waals surface area (Å²) in [7, 11) is 0. The number of hydrogen-bond donors (Lipinski definition) is 4. The molecule has 2 aromatic carbocycles. The molecule has 0 saturated carbocycles. The summed E-state index contributed by atoms with van der Waals surface area (Å²) in [6.45, 7) is 4.25. The molecule has 116 valence electrons. The Balaban J connectivity index is 0.000000322. The van der Waals surface area contributed by atoms with Gasteiger partial charge in [0.25, 0.3) is 0 Å². The summed E-state index contributed by atoms with van der Waals surface area (Å²) in [5.74, 6) is 0.0690. The van der Waals surface area contributed by atoms with Crippen molar-refractivity contribution in [3.63, 3.8) is 0 Å². The van der Waals surface area contributed by atoms with Gasteiger partial charge < -0.3 is 20.4 Å². The third kappa shape index (κ3) is 8.17. The number of rotatable bonds is 0. The summed E-state index contributed by atoms with van der Waals surface area (Å²) in [6, 6.07) is 7.94. The van der Waals surface area contributed by atoms with Gasteiger partial charge in [0, 0.05) is 12.1 Å². The second-order valence-corrected chi connectivity index (χ2v) is 4.79. The summed E-state index contributed by atoms with van der Waals surface area (Å²) in [5.41, 5.74) is 0. The predicted octanol–water partition coefficient (Wildman–Crippen LogP) is 4.92. The molecule has 0 radical (unpaired) electrons. The van der Waals surface area contributed by atoms with Crippen LogP contribution in [0.2, 0.25) is 10.0 Å². The molecule has 0 aliphatic rings. The zero-order valence-corrected chi connectivity index (χ0v) is 13.2. The van der Waals surface area contributed by atoms with E-state index in [1.165, 1.54) is 42.8 Å². The minimum Gasteiger partial charge on any atom is -0.508 e. The van der Waals surface area contributed by atoms with Gasteiger partial charge in [-0.1, -0.05) is 43.5 Å². The summed E-state index contributed by atoms with van der Waals surface area (Å²) in [5, 5.41) is 35.4. The SMILES string of the molecule is CCC.Oc1ccc(O)c(Cl)c1.Oc1ccc(O)c(Cl)c1. The van der Waals surface area contributed by atoms with E-state index in [1.54, 1.807) is 0 Å². The van der Waals surface area contributed by atoms with Crippen molar-refractivity contribution in [2.24, 2.45) is 0 Å². The summed E-state index contributed by atoms with van der Waals surface area (Å²) in [4.78, 5) is 0. The van der Waals surface area contributed by atoms with Crippen LogP contribution in [0.3, 0.4) is 0 Å². The van der Waals surface area contributed by atoms with E-state index in [0.717, 1.165) is 0 Å². The molecule has 0 aromatic heterocycles. The monoisotopic (exact) mass is 332 g/mol. The van der Waals surface area contributed by atoms with Gasteiger partial charge in [-0.15, -0.1) is 0 Å². The first-order valence-electron chi connectivity index (χ1n) is 6.16. The lowest BCUT2D eigenvalue weighted by atomic mass is 10.3. The van der Waals surface area contributed by atoms with Crippen molar-refractivity contribution in [2.45, 2.75) is 20.3 Å². The maximum Gasteiger partial charge on any atom is 0.134 e. The van der Waals surface area contributed by atoms with E-state index in [9.17, 15) is 0 Å². The van der Waals surface area contributed by atoms with E-state index in [4.69, 9.17) is 43.6 Å². The first-order chi connectivity index (χ1) is 9.81. The Morgan fingerprint density at radius 2 is 1.00 bits per heavy atom. The van der Waals surface area contributed by atoms with E-state index in [2.05, 4.69) is 13.8 Å². The lowest BCUT2D eigenvalue weighted by Gasteiger charge is -1.94. The molecule has 2 aromatic rings. The van der Waals surface area contributed by atoms with Crippen LogP contribution < -0.4 is 0 Å². The topological polar surface area (TPSA) is 80.9 Å². The Bertz CT molecular complexity index is 510. The molecule has 0 amide bonds. The molecule has 0 unspecified atom stereocenters. The fourth-order valence-corrected chi connectivity index (χ4v) is 1.34. The van der Waals surface area contributed by atoms with Gasteiger partial charge in [-0.2, -0.15) is 0 Å². The number of phenolic OH excluding ortho intramolecular Hbond substituents is 4. The maximum absolute atomic E-state index is 8.80. The van der Waals surface area contributed by atoms with Crippen molar-refractivity contribution in [3.05, 3.63) is 46.4 Å². The van der Waals surface area contributed by atoms with Crippen LogP contribution in [0, 0.1) is 0 Å². The van der Waals surface area contributed by atoms with Crippen LogP contribution in [0.5, 0.6) is 23.0 Å². The quantitative estimate of drug-likeness (QED) is 0.516. The van der Waals surface area contributed by atoms with Gasteiger partial charge >= 0.3 is 0 Å². The molecule has 0 atom stereocenters. The number of phenols is 4. The predicted molar refractivity (Wildman–Crippen MR) is 85.5 cm³/mol. The highest BCUT2D eigenvalue weighted by molar-refractivity contribution is 6.32. The Morgan fingerprint density at radius 1 is 0.714 bits per heavy atom. The Morgan fingerprint density at radius 3 is 1.19 bits per heavy atom. The smallest absolute Gasteiger partial charge is 0.134 e. The molecule has 21 heavy (non-hydrogen) atoms. The number of hydrogen-bond acceptors (Lipinski definition) is 4. The molecule has 0 saturated heterocycles. The van der Waals surface area contributed by atoms with Gasteiger partial charge in [-0.3, -0.25) is 0 Å². The maximum atomic E-state index is 8.80. The largest absolute Gasteiger partial charge is 0.508 e. The first-order valence-corrected chi connectivity index (χ1v) is 6.92. The minimum atomic E-state index is -0.0190. The van der Waals surface area contributed by atoms with Crippen LogP contribution >= 0.6 is 23.2 Å². The van der Waals surface area contributed by atoms with Crippen LogP contribution in [0.25, 0.3) is 0 Å². The fraction of sp³-hybridized carbons (Fsp3) is 0.200. The second-order valence-electron chi connectivity index (χ2n) is 3.98. The van der Waals surface area contributed by atoms with E-state index >= 15 is 0 Å². The highest BCUT2D eigenvalue weighted by Gasteiger charge is 1.96. The Hall–Kier alpha value is -1.78. The lowest BCUT2D eigenvalue weighted by molar-refractivity contribution is 0.460. The Kier molecular flexibility index (Phi) is 9.17. The Labute approximate surface area is 133 Å². The minimum absolute atomic E-state index is 0.0190. The molecule has 6 heteroatoms. The molecular weight excluding hydrogens is 315 g/mol. The third-order valence-corrected chi connectivity index (χ3v) is 2.47. The molecule has 0 heterocycles. The van der Waals surface area contributed by atoms with Gasteiger partial charge in [0.15, 0.2) is 0 Å². The van der Waals surface area contributed by atoms with E-state index in [1.807, 2.05) is 0 Å². The molecule has 2 rings (SSSR count).